The first kappa shape index (κ1) is 18.3. The molecule has 1 amide bonds. The zero-order valence-corrected chi connectivity index (χ0v) is 16.7. The number of aromatic nitrogens is 7. The van der Waals surface area contributed by atoms with Crippen LogP contribution in [0.5, 0.6) is 0 Å². The second-order valence-corrected chi connectivity index (χ2v) is 8.11. The van der Waals surface area contributed by atoms with Crippen molar-refractivity contribution >= 4 is 17.2 Å². The molecule has 1 aliphatic rings. The number of fused-ring (bicyclic) bond motifs is 3. The molecule has 0 aliphatic heterocycles. The molecule has 4 aromatic heterocycles. The summed E-state index contributed by atoms with van der Waals surface area (Å²) in [5.41, 5.74) is 3.05. The van der Waals surface area contributed by atoms with Crippen LogP contribution in [0.3, 0.4) is 0 Å². The van der Waals surface area contributed by atoms with Gasteiger partial charge in [0, 0.05) is 23.2 Å². The normalized spacial score (nSPS) is 17.3. The third-order valence-electron chi connectivity index (χ3n) is 5.46. The van der Waals surface area contributed by atoms with E-state index in [-0.39, 0.29) is 11.3 Å². The van der Waals surface area contributed by atoms with Crippen molar-refractivity contribution in [3.63, 3.8) is 0 Å². The molecule has 0 unspecified atom stereocenters. The van der Waals surface area contributed by atoms with E-state index >= 15 is 0 Å². The number of pyridine rings is 1. The number of carbonyl (C=O) groups is 1. The summed E-state index contributed by atoms with van der Waals surface area (Å²) in [6.07, 6.45) is 6.95. The molecule has 0 saturated carbocycles. The third kappa shape index (κ3) is 2.83. The number of nitrogens with one attached hydrogen (secondary N) is 1. The first-order valence-electron chi connectivity index (χ1n) is 9.52. The monoisotopic (exact) mass is 406 g/mol. The highest BCUT2D eigenvalue weighted by Crippen LogP contribution is 2.45. The van der Waals surface area contributed by atoms with E-state index in [2.05, 4.69) is 30.6 Å². The zero-order chi connectivity index (χ0) is 21.0. The van der Waals surface area contributed by atoms with Crippen LogP contribution >= 0.6 is 0 Å². The minimum atomic E-state index is -0.590. The van der Waals surface area contributed by atoms with E-state index < -0.39 is 11.9 Å². The second kappa shape index (κ2) is 6.41. The maximum atomic E-state index is 13.7. The SMILES string of the molecule is Cc1cc(NC(=O)[C@H]2CC(C)(C)c3c2cnc2cc(F)nn32)cnc1-n1nccn1. The van der Waals surface area contributed by atoms with Crippen molar-refractivity contribution in [3.8, 4) is 5.82 Å². The molecule has 152 valence electrons. The van der Waals surface area contributed by atoms with Crippen LogP contribution in [0, 0.1) is 12.9 Å². The van der Waals surface area contributed by atoms with E-state index in [1.807, 2.05) is 26.8 Å². The maximum Gasteiger partial charge on any atom is 0.235 e. The molecule has 0 bridgehead atoms. The molecule has 1 atom stereocenters. The number of rotatable bonds is 3. The van der Waals surface area contributed by atoms with Crippen LogP contribution < -0.4 is 5.32 Å². The van der Waals surface area contributed by atoms with E-state index in [1.165, 1.54) is 15.4 Å². The second-order valence-electron chi connectivity index (χ2n) is 8.11. The molecule has 0 spiro atoms. The highest BCUT2D eigenvalue weighted by atomic mass is 19.1. The van der Waals surface area contributed by atoms with Crippen LogP contribution in [0.25, 0.3) is 11.5 Å². The van der Waals surface area contributed by atoms with Gasteiger partial charge in [-0.3, -0.25) is 4.79 Å². The van der Waals surface area contributed by atoms with Gasteiger partial charge in [-0.15, -0.1) is 9.90 Å². The molecule has 5 rings (SSSR count). The summed E-state index contributed by atoms with van der Waals surface area (Å²) < 4.78 is 15.2. The van der Waals surface area contributed by atoms with E-state index in [0.29, 0.717) is 23.6 Å². The Hall–Kier alpha value is -3.69. The van der Waals surface area contributed by atoms with Gasteiger partial charge in [0.25, 0.3) is 0 Å². The van der Waals surface area contributed by atoms with E-state index in [9.17, 15) is 9.18 Å². The fraction of sp³-hybridized carbons (Fsp3) is 0.300. The Morgan fingerprint density at radius 3 is 2.70 bits per heavy atom. The fourth-order valence-corrected chi connectivity index (χ4v) is 4.20. The summed E-state index contributed by atoms with van der Waals surface area (Å²) in [7, 11) is 0. The van der Waals surface area contributed by atoms with E-state index in [1.54, 1.807) is 24.8 Å². The molecule has 0 aromatic carbocycles. The van der Waals surface area contributed by atoms with E-state index in [0.717, 1.165) is 16.8 Å². The van der Waals surface area contributed by atoms with Crippen LogP contribution in [0.4, 0.5) is 10.1 Å². The number of hydrogen-bond donors (Lipinski definition) is 1. The first-order valence-corrected chi connectivity index (χ1v) is 9.52. The van der Waals surface area contributed by atoms with Crippen molar-refractivity contribution in [1.82, 2.24) is 34.6 Å². The van der Waals surface area contributed by atoms with Gasteiger partial charge >= 0.3 is 0 Å². The lowest BCUT2D eigenvalue weighted by Gasteiger charge is -2.19. The Labute approximate surface area is 171 Å². The van der Waals surface area contributed by atoms with Crippen LogP contribution in [0.1, 0.15) is 43.0 Å². The topological polar surface area (TPSA) is 103 Å². The first-order chi connectivity index (χ1) is 14.3. The highest BCUT2D eigenvalue weighted by molar-refractivity contribution is 5.96. The van der Waals surface area contributed by atoms with Gasteiger partial charge in [-0.05, 0) is 25.0 Å². The van der Waals surface area contributed by atoms with Gasteiger partial charge in [-0.1, -0.05) is 13.8 Å². The molecule has 10 heteroatoms. The summed E-state index contributed by atoms with van der Waals surface area (Å²) in [6, 6.07) is 3.11. The van der Waals surface area contributed by atoms with Crippen molar-refractivity contribution in [3.05, 3.63) is 59.7 Å². The Morgan fingerprint density at radius 2 is 1.97 bits per heavy atom. The van der Waals surface area contributed by atoms with Crippen molar-refractivity contribution in [2.45, 2.75) is 38.5 Å². The number of amides is 1. The average Bonchev–Trinajstić information content (AvgIpc) is 3.39. The molecule has 9 nitrogen and oxygen atoms in total. The average molecular weight is 406 g/mol. The molecular formula is C20H19FN8O. The molecule has 0 saturated heterocycles. The smallest absolute Gasteiger partial charge is 0.235 e. The largest absolute Gasteiger partial charge is 0.324 e. The lowest BCUT2D eigenvalue weighted by Crippen LogP contribution is -2.22. The third-order valence-corrected chi connectivity index (χ3v) is 5.46. The molecule has 1 aliphatic carbocycles. The minimum absolute atomic E-state index is 0.165. The van der Waals surface area contributed by atoms with Crippen LogP contribution in [0.2, 0.25) is 0 Å². The number of carbonyl (C=O) groups excluding carboxylic acids is 1. The van der Waals surface area contributed by atoms with Crippen LogP contribution in [0.15, 0.2) is 36.9 Å². The van der Waals surface area contributed by atoms with Crippen LogP contribution in [-0.2, 0) is 10.2 Å². The fourth-order valence-electron chi connectivity index (χ4n) is 4.20. The number of aryl methyl sites for hydroxylation is 1. The van der Waals surface area contributed by atoms with Crippen molar-refractivity contribution in [2.24, 2.45) is 0 Å². The predicted octanol–water partition coefficient (Wildman–Crippen LogP) is 2.56. The van der Waals surface area contributed by atoms with Gasteiger partial charge in [0.1, 0.15) is 0 Å². The molecule has 4 aromatic rings. The molecule has 4 heterocycles. The van der Waals surface area contributed by atoms with Crippen molar-refractivity contribution in [1.29, 1.82) is 0 Å². The Balaban J connectivity index is 1.46. The zero-order valence-electron chi connectivity index (χ0n) is 16.7. The predicted molar refractivity (Wildman–Crippen MR) is 106 cm³/mol. The molecule has 1 N–H and O–H groups in total. The van der Waals surface area contributed by atoms with Crippen molar-refractivity contribution in [2.75, 3.05) is 5.32 Å². The van der Waals surface area contributed by atoms with Gasteiger partial charge in [-0.2, -0.15) is 14.6 Å². The summed E-state index contributed by atoms with van der Waals surface area (Å²) in [5, 5.41) is 15.0. The number of halogens is 1. The highest BCUT2D eigenvalue weighted by Gasteiger charge is 2.43. The van der Waals surface area contributed by atoms with Gasteiger partial charge in [0.15, 0.2) is 11.5 Å². The summed E-state index contributed by atoms with van der Waals surface area (Å²) >= 11 is 0. The van der Waals surface area contributed by atoms with Gasteiger partial charge in [0.05, 0.1) is 35.9 Å². The van der Waals surface area contributed by atoms with E-state index in [4.69, 9.17) is 0 Å². The van der Waals surface area contributed by atoms with Crippen LogP contribution in [-0.4, -0.2) is 40.5 Å². The van der Waals surface area contributed by atoms with Gasteiger partial charge in [-0.25, -0.2) is 14.5 Å². The van der Waals surface area contributed by atoms with Gasteiger partial charge < -0.3 is 5.32 Å². The lowest BCUT2D eigenvalue weighted by molar-refractivity contribution is -0.117. The van der Waals surface area contributed by atoms with Crippen molar-refractivity contribution < 1.29 is 9.18 Å². The Bertz CT molecular complexity index is 1280. The maximum absolute atomic E-state index is 13.7. The molecule has 0 fully saturated rings. The Kier molecular flexibility index (Phi) is 3.92. The quantitative estimate of drug-likeness (QED) is 0.561. The standard InChI is InChI=1S/C20H19FN8O/c1-11-6-12(9-23-18(11)29-24-4-5-25-29)26-19(30)13-8-20(2,3)17-14(13)10-22-16-7-15(21)27-28(16)17/h4-7,9-10,13H,8H2,1-3H3,(H,26,30)/t13-/m0/s1. The van der Waals surface area contributed by atoms with Gasteiger partial charge in [0.2, 0.25) is 11.9 Å². The summed E-state index contributed by atoms with van der Waals surface area (Å²) in [4.78, 5) is 23.2. The lowest BCUT2D eigenvalue weighted by atomic mass is 9.88. The number of anilines is 1. The summed E-state index contributed by atoms with van der Waals surface area (Å²) in [6.45, 7) is 5.92. The number of hydrogen-bond acceptors (Lipinski definition) is 6. The summed E-state index contributed by atoms with van der Waals surface area (Å²) in [5.74, 6) is -0.584. The minimum Gasteiger partial charge on any atom is -0.324 e. The molecule has 0 radical (unpaired) electrons. The Morgan fingerprint density at radius 1 is 1.20 bits per heavy atom. The number of nitrogens with zero attached hydrogens (tertiary/aromatic N) is 7. The molecular weight excluding hydrogens is 387 g/mol. The molecule has 30 heavy (non-hydrogen) atoms.